The van der Waals surface area contributed by atoms with Crippen molar-refractivity contribution in [3.05, 3.63) is 54.2 Å². The molecule has 2 aliphatic heterocycles. The molecule has 6 rings (SSSR count). The third kappa shape index (κ3) is 4.52. The Morgan fingerprint density at radius 3 is 3.03 bits per heavy atom. The maximum absolute atomic E-state index is 13.3. The summed E-state index contributed by atoms with van der Waals surface area (Å²) in [5.41, 5.74) is 6.43. The summed E-state index contributed by atoms with van der Waals surface area (Å²) in [5, 5.41) is 23.9. The average molecular weight is 561 g/mol. The number of rotatable bonds is 6. The summed E-state index contributed by atoms with van der Waals surface area (Å²) in [5.74, 6) is 0.169. The molecule has 2 aliphatic rings. The van der Waals surface area contributed by atoms with Crippen molar-refractivity contribution in [2.24, 2.45) is 0 Å². The minimum absolute atomic E-state index is 0.141. The van der Waals surface area contributed by atoms with E-state index in [1.54, 1.807) is 23.7 Å². The molecule has 0 radical (unpaired) electrons. The van der Waals surface area contributed by atoms with Crippen LogP contribution in [0.4, 0.5) is 5.82 Å². The first-order valence-electron chi connectivity index (χ1n) is 11.8. The summed E-state index contributed by atoms with van der Waals surface area (Å²) >= 11 is 1.59. The number of phosphoric ester groups is 1. The highest BCUT2D eigenvalue weighted by Crippen LogP contribution is 2.57. The molecule has 0 spiro atoms. The van der Waals surface area contributed by atoms with E-state index in [9.17, 15) is 14.8 Å². The Morgan fingerprint density at radius 2 is 2.21 bits per heavy atom. The van der Waals surface area contributed by atoms with Gasteiger partial charge in [-0.2, -0.15) is 0 Å². The fourth-order valence-corrected chi connectivity index (χ4v) is 6.70. The molecule has 0 bridgehead atoms. The number of hydrogen-bond acceptors (Lipinski definition) is 13. The Kier molecular flexibility index (Phi) is 6.53. The van der Waals surface area contributed by atoms with E-state index in [1.165, 1.54) is 24.1 Å². The quantitative estimate of drug-likeness (QED) is 0.294. The number of aliphatic hydroxyl groups is 2. The van der Waals surface area contributed by atoms with Crippen LogP contribution in [0.1, 0.15) is 31.2 Å². The lowest BCUT2D eigenvalue weighted by molar-refractivity contribution is -0.0953. The van der Waals surface area contributed by atoms with E-state index >= 15 is 0 Å². The lowest BCUT2D eigenvalue weighted by Crippen LogP contribution is -2.44. The van der Waals surface area contributed by atoms with Gasteiger partial charge in [-0.3, -0.25) is 23.1 Å². The Hall–Kier alpha value is -2.81. The maximum atomic E-state index is 13.3. The molecule has 1 unspecified atom stereocenters. The maximum Gasteiger partial charge on any atom is 0.475 e. The van der Waals surface area contributed by atoms with Gasteiger partial charge in [0.1, 0.15) is 29.7 Å². The predicted octanol–water partition coefficient (Wildman–Crippen LogP) is 2.84. The van der Waals surface area contributed by atoms with E-state index < -0.39 is 38.0 Å². The minimum Gasteiger partial charge on any atom is -0.387 e. The molecule has 2 saturated heterocycles. The van der Waals surface area contributed by atoms with Crippen molar-refractivity contribution in [2.45, 2.75) is 43.5 Å². The Bertz CT molecular complexity index is 1500. The van der Waals surface area contributed by atoms with Gasteiger partial charge in [-0.1, -0.05) is 6.07 Å². The van der Waals surface area contributed by atoms with Crippen LogP contribution in [0.5, 0.6) is 0 Å². The van der Waals surface area contributed by atoms with Crippen LogP contribution in [0, 0.1) is 0 Å². The molecule has 4 aromatic rings. The number of phosphoric acid groups is 1. The molecule has 4 N–H and O–H groups in total. The highest BCUT2D eigenvalue weighted by atomic mass is 32.1. The van der Waals surface area contributed by atoms with Gasteiger partial charge in [0.2, 0.25) is 0 Å². The summed E-state index contributed by atoms with van der Waals surface area (Å²) in [6, 6.07) is 5.89. The van der Waals surface area contributed by atoms with Gasteiger partial charge in [0.25, 0.3) is 0 Å². The zero-order valence-electron chi connectivity index (χ0n) is 20.2. The number of nitrogens with zero attached hydrogens (tertiary/aromatic N) is 5. The standard InChI is InChI=1S/C23H25N6O7PS/c1-23(31)19(30)16(35-22(23)29-12-28-18-20(24)26-11-27-21(18)29)10-34-37(32)33-5-4-15(36-37)13-7-14(9-25-8-13)17-3-2-6-38-17/h2-3,6-9,11-12,15-16,19,22,30-31H,4-5,10H2,1H3,(H2,24,26,27)/t15-,16+,19+,22+,23+,37?/m0/s1. The summed E-state index contributed by atoms with van der Waals surface area (Å²) in [6.07, 6.45) is 2.43. The molecule has 4 aromatic heterocycles. The third-order valence-electron chi connectivity index (χ3n) is 6.61. The van der Waals surface area contributed by atoms with Crippen LogP contribution >= 0.6 is 19.2 Å². The topological polar surface area (TPSA) is 177 Å². The monoisotopic (exact) mass is 560 g/mol. The number of fused-ring (bicyclic) bond motifs is 1. The zero-order chi connectivity index (χ0) is 26.5. The number of thiophene rings is 1. The third-order valence-corrected chi connectivity index (χ3v) is 9.01. The van der Waals surface area contributed by atoms with Crippen molar-refractivity contribution in [2.75, 3.05) is 18.9 Å². The van der Waals surface area contributed by atoms with E-state index in [0.717, 1.165) is 16.0 Å². The number of imidazole rings is 1. The number of ether oxygens (including phenoxy) is 1. The second-order valence-electron chi connectivity index (χ2n) is 9.22. The first-order chi connectivity index (χ1) is 18.2. The van der Waals surface area contributed by atoms with Gasteiger partial charge in [-0.25, -0.2) is 19.5 Å². The first kappa shape index (κ1) is 25.5. The molecule has 0 aromatic carbocycles. The predicted molar refractivity (Wildman–Crippen MR) is 136 cm³/mol. The van der Waals surface area contributed by atoms with Crippen molar-refractivity contribution in [1.29, 1.82) is 0 Å². The van der Waals surface area contributed by atoms with Crippen LogP contribution in [-0.4, -0.2) is 65.7 Å². The molecular formula is C23H25N6O7PS. The van der Waals surface area contributed by atoms with Gasteiger partial charge in [0.05, 0.1) is 25.6 Å². The normalized spacial score (nSPS) is 31.7. The number of nitrogens with two attached hydrogens (primary N) is 1. The summed E-state index contributed by atoms with van der Waals surface area (Å²) in [7, 11) is -4.01. The number of aromatic nitrogens is 5. The lowest BCUT2D eigenvalue weighted by Gasteiger charge is -2.30. The molecule has 0 aliphatic carbocycles. The van der Waals surface area contributed by atoms with Gasteiger partial charge < -0.3 is 20.7 Å². The summed E-state index contributed by atoms with van der Waals surface area (Å²) in [4.78, 5) is 17.6. The number of aliphatic hydroxyl groups excluding tert-OH is 1. The summed E-state index contributed by atoms with van der Waals surface area (Å²) in [6.45, 7) is 1.19. The number of pyridine rings is 1. The number of nitrogen functional groups attached to an aromatic ring is 1. The molecular weight excluding hydrogens is 535 g/mol. The van der Waals surface area contributed by atoms with Gasteiger partial charge in [0, 0.05) is 34.8 Å². The van der Waals surface area contributed by atoms with Crippen LogP contribution < -0.4 is 5.73 Å². The smallest absolute Gasteiger partial charge is 0.387 e. The Labute approximate surface area is 220 Å². The fraction of sp³-hybridized carbons (Fsp3) is 0.391. The van der Waals surface area contributed by atoms with E-state index in [2.05, 4.69) is 19.9 Å². The van der Waals surface area contributed by atoms with Crippen LogP contribution in [0.2, 0.25) is 0 Å². The molecule has 38 heavy (non-hydrogen) atoms. The van der Waals surface area contributed by atoms with Gasteiger partial charge in [-0.15, -0.1) is 11.3 Å². The second-order valence-corrected chi connectivity index (χ2v) is 11.8. The van der Waals surface area contributed by atoms with Crippen molar-refractivity contribution < 1.29 is 33.1 Å². The fourth-order valence-electron chi connectivity index (χ4n) is 4.60. The van der Waals surface area contributed by atoms with Crippen molar-refractivity contribution >= 4 is 36.1 Å². The number of hydrogen-bond donors (Lipinski definition) is 3. The van der Waals surface area contributed by atoms with Crippen molar-refractivity contribution in [3.8, 4) is 10.4 Å². The van der Waals surface area contributed by atoms with Crippen molar-refractivity contribution in [3.63, 3.8) is 0 Å². The van der Waals surface area contributed by atoms with E-state index in [0.29, 0.717) is 17.6 Å². The largest absolute Gasteiger partial charge is 0.475 e. The van der Waals surface area contributed by atoms with Crippen LogP contribution in [0.3, 0.4) is 0 Å². The molecule has 0 saturated carbocycles. The van der Waals surface area contributed by atoms with E-state index in [-0.39, 0.29) is 19.0 Å². The SMILES string of the molecule is C[C@@]1(O)[C@H](O)[C@@H](COP2(=O)OCC[C@@H](c3cncc(-c4cccs4)c3)O2)O[C@H]1n1cnc2c(N)ncnc21. The number of anilines is 1. The van der Waals surface area contributed by atoms with Gasteiger partial charge >= 0.3 is 7.82 Å². The molecule has 15 heteroatoms. The first-order valence-corrected chi connectivity index (χ1v) is 14.1. The molecule has 13 nitrogen and oxygen atoms in total. The Balaban J connectivity index is 1.16. The molecule has 2 fully saturated rings. The Morgan fingerprint density at radius 1 is 1.34 bits per heavy atom. The lowest BCUT2D eigenvalue weighted by atomic mass is 9.96. The van der Waals surface area contributed by atoms with E-state index in [4.69, 9.17) is 24.0 Å². The molecule has 0 amide bonds. The van der Waals surface area contributed by atoms with Crippen LogP contribution in [0.25, 0.3) is 21.6 Å². The van der Waals surface area contributed by atoms with Crippen LogP contribution in [-0.2, 0) is 22.9 Å². The second kappa shape index (κ2) is 9.74. The van der Waals surface area contributed by atoms with Crippen LogP contribution in [0.15, 0.2) is 48.6 Å². The average Bonchev–Trinajstić information content (AvgIpc) is 3.64. The van der Waals surface area contributed by atoms with E-state index in [1.807, 2.05) is 23.6 Å². The molecule has 200 valence electrons. The molecule has 6 atom stereocenters. The minimum atomic E-state index is -4.01. The molecule has 6 heterocycles. The zero-order valence-corrected chi connectivity index (χ0v) is 21.9. The van der Waals surface area contributed by atoms with Crippen molar-refractivity contribution in [1.82, 2.24) is 24.5 Å². The summed E-state index contributed by atoms with van der Waals surface area (Å²) < 4.78 is 37.5. The van der Waals surface area contributed by atoms with Gasteiger partial charge in [-0.05, 0) is 24.4 Å². The highest BCUT2D eigenvalue weighted by molar-refractivity contribution is 7.48. The highest BCUT2D eigenvalue weighted by Gasteiger charge is 2.54. The van der Waals surface area contributed by atoms with Gasteiger partial charge in [0.15, 0.2) is 17.7 Å².